The van der Waals surface area contributed by atoms with Gasteiger partial charge in [0.1, 0.15) is 6.23 Å². The molecule has 0 radical (unpaired) electrons. The second-order valence-electron chi connectivity index (χ2n) is 9.24. The fourth-order valence-electron chi connectivity index (χ4n) is 6.50. The molecule has 4 bridgehead atoms. The number of ether oxygens (including phenoxy) is 1. The van der Waals surface area contributed by atoms with Gasteiger partial charge in [0.2, 0.25) is 0 Å². The topological polar surface area (TPSA) is 75.9 Å². The van der Waals surface area contributed by atoms with Crippen LogP contribution in [0.4, 0.5) is 0 Å². The molecule has 4 aliphatic carbocycles. The van der Waals surface area contributed by atoms with Crippen LogP contribution in [0.15, 0.2) is 24.4 Å². The number of rotatable bonds is 6. The SMILES string of the molecule is CCOC(=O)c1cc2c(C(O)NCC34CC5CC(CC(C5)C3)C4)cccn2n1. The van der Waals surface area contributed by atoms with Crippen LogP contribution in [-0.4, -0.2) is 33.8 Å². The molecule has 0 saturated heterocycles. The molecule has 2 aromatic heterocycles. The molecule has 150 valence electrons. The van der Waals surface area contributed by atoms with Gasteiger partial charge in [-0.1, -0.05) is 6.07 Å². The van der Waals surface area contributed by atoms with E-state index >= 15 is 0 Å². The van der Waals surface area contributed by atoms with Gasteiger partial charge < -0.3 is 9.84 Å². The smallest absolute Gasteiger partial charge is 0.358 e. The van der Waals surface area contributed by atoms with Crippen LogP contribution in [0.1, 0.15) is 67.7 Å². The van der Waals surface area contributed by atoms with Crippen molar-refractivity contribution in [3.05, 3.63) is 35.7 Å². The number of hydrogen-bond acceptors (Lipinski definition) is 5. The highest BCUT2D eigenvalue weighted by molar-refractivity contribution is 5.89. The number of fused-ring (bicyclic) bond motifs is 1. The van der Waals surface area contributed by atoms with Gasteiger partial charge in [0.05, 0.1) is 12.1 Å². The number of aromatic nitrogens is 2. The lowest BCUT2D eigenvalue weighted by Gasteiger charge is -2.57. The molecule has 6 heteroatoms. The van der Waals surface area contributed by atoms with E-state index in [0.29, 0.717) is 12.0 Å². The molecule has 0 aromatic carbocycles. The van der Waals surface area contributed by atoms with E-state index in [0.717, 1.165) is 35.4 Å². The molecule has 0 amide bonds. The molecule has 1 unspecified atom stereocenters. The number of carbonyl (C=O) groups excluding carboxylic acids is 1. The van der Waals surface area contributed by atoms with Crippen LogP contribution >= 0.6 is 0 Å². The zero-order valence-corrected chi connectivity index (χ0v) is 16.4. The third-order valence-electron chi connectivity index (χ3n) is 7.15. The summed E-state index contributed by atoms with van der Waals surface area (Å²) in [6.07, 6.45) is 9.21. The maximum Gasteiger partial charge on any atom is 0.358 e. The number of hydrogen-bond donors (Lipinski definition) is 2. The molecule has 0 aliphatic heterocycles. The van der Waals surface area contributed by atoms with E-state index in [4.69, 9.17) is 4.74 Å². The summed E-state index contributed by atoms with van der Waals surface area (Å²) in [6, 6.07) is 5.44. The molecular formula is C22H29N3O3. The van der Waals surface area contributed by atoms with Gasteiger partial charge in [-0.15, -0.1) is 0 Å². The summed E-state index contributed by atoms with van der Waals surface area (Å²) in [6.45, 7) is 2.95. The number of nitrogens with zero attached hydrogens (tertiary/aromatic N) is 2. The van der Waals surface area contributed by atoms with Gasteiger partial charge in [0, 0.05) is 18.3 Å². The Morgan fingerprint density at radius 1 is 1.32 bits per heavy atom. The average Bonchev–Trinajstić information content (AvgIpc) is 3.10. The Kier molecular flexibility index (Phi) is 4.43. The Balaban J connectivity index is 1.33. The van der Waals surface area contributed by atoms with Crippen molar-refractivity contribution in [2.45, 2.75) is 51.7 Å². The zero-order chi connectivity index (χ0) is 19.3. The van der Waals surface area contributed by atoms with E-state index < -0.39 is 12.2 Å². The number of esters is 1. The van der Waals surface area contributed by atoms with Crippen molar-refractivity contribution in [1.29, 1.82) is 0 Å². The largest absolute Gasteiger partial charge is 0.461 e. The van der Waals surface area contributed by atoms with Gasteiger partial charge in [0.25, 0.3) is 0 Å². The Hall–Kier alpha value is -1.92. The second kappa shape index (κ2) is 6.85. The Labute approximate surface area is 165 Å². The Bertz CT molecular complexity index is 855. The molecule has 6 rings (SSSR count). The van der Waals surface area contributed by atoms with Gasteiger partial charge >= 0.3 is 5.97 Å². The Morgan fingerprint density at radius 3 is 2.64 bits per heavy atom. The average molecular weight is 383 g/mol. The van der Waals surface area contributed by atoms with E-state index in [1.54, 1.807) is 23.7 Å². The number of aliphatic hydroxyl groups is 1. The number of aliphatic hydroxyl groups excluding tert-OH is 1. The Morgan fingerprint density at radius 2 is 2.00 bits per heavy atom. The van der Waals surface area contributed by atoms with Crippen molar-refractivity contribution in [2.75, 3.05) is 13.2 Å². The molecule has 4 fully saturated rings. The van der Waals surface area contributed by atoms with Crippen molar-refractivity contribution < 1.29 is 14.6 Å². The fourth-order valence-corrected chi connectivity index (χ4v) is 6.50. The van der Waals surface area contributed by atoms with Gasteiger partial charge in [-0.25, -0.2) is 9.31 Å². The summed E-state index contributed by atoms with van der Waals surface area (Å²) in [5.74, 6) is 2.26. The van der Waals surface area contributed by atoms with E-state index in [1.165, 1.54) is 38.5 Å². The number of carbonyl (C=O) groups is 1. The first kappa shape index (κ1) is 18.1. The van der Waals surface area contributed by atoms with Gasteiger partial charge in [0.15, 0.2) is 5.69 Å². The molecule has 0 spiro atoms. The third-order valence-corrected chi connectivity index (χ3v) is 7.15. The molecule has 2 N–H and O–H groups in total. The standard InChI is InChI=1S/C22H29N3O3/c1-2-28-21(27)18-9-19-17(4-3-5-25(19)24-18)20(26)23-13-22-10-14-6-15(11-22)8-16(7-14)12-22/h3-5,9,14-16,20,23,26H,2,6-8,10-13H2,1H3. The first-order valence-electron chi connectivity index (χ1n) is 10.6. The van der Waals surface area contributed by atoms with Crippen LogP contribution in [0, 0.1) is 23.2 Å². The molecule has 2 aromatic rings. The zero-order valence-electron chi connectivity index (χ0n) is 16.4. The van der Waals surface area contributed by atoms with Crippen molar-refractivity contribution in [2.24, 2.45) is 23.2 Å². The van der Waals surface area contributed by atoms with Crippen LogP contribution in [0.5, 0.6) is 0 Å². The van der Waals surface area contributed by atoms with E-state index in [-0.39, 0.29) is 5.69 Å². The van der Waals surface area contributed by atoms with Crippen LogP contribution in [0.25, 0.3) is 5.52 Å². The van der Waals surface area contributed by atoms with Crippen LogP contribution in [0.2, 0.25) is 0 Å². The highest BCUT2D eigenvalue weighted by atomic mass is 16.5. The molecule has 28 heavy (non-hydrogen) atoms. The van der Waals surface area contributed by atoms with Crippen LogP contribution in [0.3, 0.4) is 0 Å². The summed E-state index contributed by atoms with van der Waals surface area (Å²) in [7, 11) is 0. The van der Waals surface area contributed by atoms with Gasteiger partial charge in [-0.3, -0.25) is 5.32 Å². The van der Waals surface area contributed by atoms with Crippen LogP contribution in [-0.2, 0) is 4.74 Å². The molecule has 2 heterocycles. The summed E-state index contributed by atoms with van der Waals surface area (Å²) in [4.78, 5) is 12.0. The summed E-state index contributed by atoms with van der Waals surface area (Å²) < 4.78 is 6.69. The predicted octanol–water partition coefficient (Wildman–Crippen LogP) is 3.31. The molecule has 4 aliphatic rings. The highest BCUT2D eigenvalue weighted by Gasteiger charge is 2.50. The van der Waals surface area contributed by atoms with Crippen molar-refractivity contribution in [1.82, 2.24) is 14.9 Å². The van der Waals surface area contributed by atoms with Crippen molar-refractivity contribution in [3.8, 4) is 0 Å². The summed E-state index contributed by atoms with van der Waals surface area (Å²) in [5, 5.41) is 18.6. The monoisotopic (exact) mass is 383 g/mol. The molecule has 4 saturated carbocycles. The van der Waals surface area contributed by atoms with Crippen molar-refractivity contribution in [3.63, 3.8) is 0 Å². The minimum atomic E-state index is -0.775. The lowest BCUT2D eigenvalue weighted by Crippen LogP contribution is -2.50. The lowest BCUT2D eigenvalue weighted by atomic mass is 9.49. The molecule has 1 atom stereocenters. The quantitative estimate of drug-likeness (QED) is 0.591. The van der Waals surface area contributed by atoms with E-state index in [9.17, 15) is 9.90 Å². The van der Waals surface area contributed by atoms with E-state index in [2.05, 4.69) is 10.4 Å². The second-order valence-corrected chi connectivity index (χ2v) is 9.24. The maximum absolute atomic E-state index is 12.0. The lowest BCUT2D eigenvalue weighted by molar-refractivity contribution is -0.0578. The third kappa shape index (κ3) is 3.12. The minimum absolute atomic E-state index is 0.266. The number of nitrogens with one attached hydrogen (secondary N) is 1. The van der Waals surface area contributed by atoms with Crippen LogP contribution < -0.4 is 5.32 Å². The normalized spacial score (nSPS) is 32.0. The first-order valence-corrected chi connectivity index (χ1v) is 10.6. The minimum Gasteiger partial charge on any atom is -0.461 e. The van der Waals surface area contributed by atoms with Gasteiger partial charge in [-0.2, -0.15) is 5.10 Å². The van der Waals surface area contributed by atoms with Crippen molar-refractivity contribution >= 4 is 11.5 Å². The first-order chi connectivity index (χ1) is 13.5. The van der Waals surface area contributed by atoms with E-state index in [1.807, 2.05) is 12.1 Å². The fraction of sp³-hybridized carbons (Fsp3) is 0.636. The van der Waals surface area contributed by atoms with Gasteiger partial charge in [-0.05, 0) is 80.8 Å². The number of pyridine rings is 1. The summed E-state index contributed by atoms with van der Waals surface area (Å²) in [5.41, 5.74) is 2.10. The maximum atomic E-state index is 12.0. The molecule has 6 nitrogen and oxygen atoms in total. The predicted molar refractivity (Wildman–Crippen MR) is 105 cm³/mol. The summed E-state index contributed by atoms with van der Waals surface area (Å²) >= 11 is 0. The molecular weight excluding hydrogens is 354 g/mol. The highest BCUT2D eigenvalue weighted by Crippen LogP contribution is 2.59.